The highest BCUT2D eigenvalue weighted by atomic mass is 19.1. The number of hydrogen-bond acceptors (Lipinski definition) is 6. The number of anilines is 1. The summed E-state index contributed by atoms with van der Waals surface area (Å²) in [6.45, 7) is 5.56. The lowest BCUT2D eigenvalue weighted by Crippen LogP contribution is -2.29. The summed E-state index contributed by atoms with van der Waals surface area (Å²) in [7, 11) is 1.92. The van der Waals surface area contributed by atoms with Crippen LogP contribution in [0.15, 0.2) is 53.5 Å². The number of likely N-dealkylation sites (N-methyl/N-ethyl adjacent to an activating group) is 1. The molecule has 4 rings (SSSR count). The van der Waals surface area contributed by atoms with Crippen LogP contribution in [0.2, 0.25) is 0 Å². The van der Waals surface area contributed by atoms with Crippen molar-refractivity contribution in [3.05, 3.63) is 64.8 Å². The molecular weight excluding hydrogens is 449 g/mol. The van der Waals surface area contributed by atoms with Gasteiger partial charge in [0, 0.05) is 36.8 Å². The molecule has 1 aromatic heterocycles. The molecule has 2 heterocycles. The maximum Gasteiger partial charge on any atom is 0.347 e. The largest absolute Gasteiger partial charge is 0.479 e. The summed E-state index contributed by atoms with van der Waals surface area (Å²) < 4.78 is 27.4. The van der Waals surface area contributed by atoms with Crippen molar-refractivity contribution in [1.29, 1.82) is 0 Å². The number of pyridine rings is 1. The second-order valence-corrected chi connectivity index (χ2v) is 8.74. The quantitative estimate of drug-likeness (QED) is 0.465. The zero-order valence-electron chi connectivity index (χ0n) is 20.4. The molecule has 1 aliphatic heterocycles. The third-order valence-electron chi connectivity index (χ3n) is 6.40. The number of fused-ring (bicyclic) bond motifs is 1. The fourth-order valence-corrected chi connectivity index (χ4v) is 4.51. The molecule has 1 fully saturated rings. The number of nitrogens with one attached hydrogen (secondary N) is 1. The number of nitrogens with zero attached hydrogens (tertiary/aromatic N) is 2. The van der Waals surface area contributed by atoms with Crippen LogP contribution in [0, 0.1) is 5.82 Å². The third kappa shape index (κ3) is 5.32. The highest BCUT2D eigenvalue weighted by Gasteiger charge is 2.24. The maximum atomic E-state index is 15.0. The highest BCUT2D eigenvalue weighted by molar-refractivity contribution is 5.83. The molecule has 1 aliphatic rings. The first-order chi connectivity index (χ1) is 16.9. The fraction of sp³-hybridized carbons (Fsp3) is 0.407. The van der Waals surface area contributed by atoms with Gasteiger partial charge in [0.15, 0.2) is 6.10 Å². The van der Waals surface area contributed by atoms with Crippen molar-refractivity contribution in [1.82, 2.24) is 9.88 Å². The van der Waals surface area contributed by atoms with Gasteiger partial charge >= 0.3 is 5.97 Å². The average molecular weight is 482 g/mol. The predicted octanol–water partition coefficient (Wildman–Crippen LogP) is 4.04. The van der Waals surface area contributed by atoms with Crippen LogP contribution in [-0.4, -0.2) is 49.4 Å². The van der Waals surface area contributed by atoms with Gasteiger partial charge in [-0.1, -0.05) is 13.3 Å². The van der Waals surface area contributed by atoms with E-state index in [0.717, 1.165) is 25.9 Å². The van der Waals surface area contributed by atoms with E-state index in [-0.39, 0.29) is 18.0 Å². The van der Waals surface area contributed by atoms with Crippen molar-refractivity contribution in [2.24, 2.45) is 0 Å². The molecule has 8 heteroatoms. The van der Waals surface area contributed by atoms with E-state index in [4.69, 9.17) is 9.47 Å². The summed E-state index contributed by atoms with van der Waals surface area (Å²) in [4.78, 5) is 27.4. The number of carbonyl (C=O) groups excluding carboxylic acids is 1. The van der Waals surface area contributed by atoms with Crippen molar-refractivity contribution in [2.45, 2.75) is 45.3 Å². The number of esters is 1. The smallest absolute Gasteiger partial charge is 0.347 e. The molecule has 0 saturated carbocycles. The van der Waals surface area contributed by atoms with Crippen LogP contribution < -0.4 is 20.5 Å². The molecule has 35 heavy (non-hydrogen) atoms. The molecule has 0 aliphatic carbocycles. The Morgan fingerprint density at radius 1 is 1.20 bits per heavy atom. The lowest BCUT2D eigenvalue weighted by atomic mass is 10.1. The Morgan fingerprint density at radius 2 is 2.03 bits per heavy atom. The SMILES string of the molecule is CCCC(Oc1ccc2c(=O)n(-c3ccc(N4CC[C@@H](NC)C4)c(F)c3)ccc2c1)C(=O)OCC. The Balaban J connectivity index is 1.59. The van der Waals surface area contributed by atoms with Crippen LogP contribution >= 0.6 is 0 Å². The molecule has 0 spiro atoms. The lowest BCUT2D eigenvalue weighted by Gasteiger charge is -2.20. The molecule has 0 radical (unpaired) electrons. The molecule has 1 saturated heterocycles. The van der Waals surface area contributed by atoms with Crippen molar-refractivity contribution in [2.75, 3.05) is 31.6 Å². The molecule has 2 aromatic carbocycles. The van der Waals surface area contributed by atoms with Crippen LogP contribution in [0.5, 0.6) is 5.75 Å². The van der Waals surface area contributed by atoms with Gasteiger partial charge in [0.1, 0.15) is 11.6 Å². The second kappa shape index (κ2) is 10.9. The Morgan fingerprint density at radius 3 is 2.71 bits per heavy atom. The third-order valence-corrected chi connectivity index (χ3v) is 6.40. The van der Waals surface area contributed by atoms with Gasteiger partial charge in [-0.15, -0.1) is 0 Å². The number of hydrogen-bond donors (Lipinski definition) is 1. The predicted molar refractivity (Wildman–Crippen MR) is 135 cm³/mol. The number of halogens is 1. The number of rotatable bonds is 9. The first-order valence-electron chi connectivity index (χ1n) is 12.2. The van der Waals surface area contributed by atoms with Gasteiger partial charge < -0.3 is 19.7 Å². The van der Waals surface area contributed by atoms with Crippen molar-refractivity contribution in [3.63, 3.8) is 0 Å². The molecule has 186 valence electrons. The zero-order valence-corrected chi connectivity index (χ0v) is 20.4. The van der Waals surface area contributed by atoms with Crippen molar-refractivity contribution < 1.29 is 18.7 Å². The number of carbonyl (C=O) groups is 1. The number of aromatic nitrogens is 1. The van der Waals surface area contributed by atoms with Crippen LogP contribution in [0.25, 0.3) is 16.5 Å². The van der Waals surface area contributed by atoms with E-state index in [0.29, 0.717) is 40.4 Å². The summed E-state index contributed by atoms with van der Waals surface area (Å²) in [5.41, 5.74) is 0.756. The van der Waals surface area contributed by atoms with Gasteiger partial charge in [-0.3, -0.25) is 9.36 Å². The van der Waals surface area contributed by atoms with E-state index in [9.17, 15) is 14.0 Å². The zero-order chi connectivity index (χ0) is 24.9. The van der Waals surface area contributed by atoms with Gasteiger partial charge in [0.25, 0.3) is 5.56 Å². The second-order valence-electron chi connectivity index (χ2n) is 8.74. The Bertz CT molecular complexity index is 1260. The Kier molecular flexibility index (Phi) is 7.70. The molecule has 1 unspecified atom stereocenters. The summed E-state index contributed by atoms with van der Waals surface area (Å²) in [5, 5.41) is 4.39. The fourth-order valence-electron chi connectivity index (χ4n) is 4.51. The molecule has 1 N–H and O–H groups in total. The van der Waals surface area contributed by atoms with E-state index >= 15 is 0 Å². The summed E-state index contributed by atoms with van der Waals surface area (Å²) in [5.74, 6) is -0.260. The van der Waals surface area contributed by atoms with Crippen LogP contribution in [0.4, 0.5) is 10.1 Å². The monoisotopic (exact) mass is 481 g/mol. The first kappa shape index (κ1) is 24.7. The van der Waals surface area contributed by atoms with Crippen LogP contribution in [0.1, 0.15) is 33.1 Å². The standard InChI is InChI=1S/C27H32FN3O4/c1-4-6-25(27(33)34-5-2)35-21-8-9-22-18(15-21)11-14-31(26(22)32)20-7-10-24(23(28)16-20)30-13-12-19(17-30)29-3/h7-11,14-16,19,25,29H,4-6,12-13,17H2,1-3H3/t19-,25?/m1/s1. The van der Waals surface area contributed by atoms with Crippen molar-refractivity contribution >= 4 is 22.4 Å². The molecule has 0 amide bonds. The van der Waals surface area contributed by atoms with E-state index in [1.807, 2.05) is 18.9 Å². The molecular formula is C27H32FN3O4. The van der Waals surface area contributed by atoms with Gasteiger partial charge in [0.2, 0.25) is 0 Å². The Labute approximate surface area is 204 Å². The highest BCUT2D eigenvalue weighted by Crippen LogP contribution is 2.26. The van der Waals surface area contributed by atoms with Gasteiger partial charge in [0.05, 0.1) is 18.0 Å². The molecule has 7 nitrogen and oxygen atoms in total. The summed E-state index contributed by atoms with van der Waals surface area (Å²) in [6.07, 6.45) is 3.20. The minimum absolute atomic E-state index is 0.256. The molecule has 3 aromatic rings. The van der Waals surface area contributed by atoms with E-state index < -0.39 is 12.1 Å². The first-order valence-corrected chi connectivity index (χ1v) is 12.2. The topological polar surface area (TPSA) is 72.8 Å². The van der Waals surface area contributed by atoms with Crippen LogP contribution in [-0.2, 0) is 9.53 Å². The van der Waals surface area contributed by atoms with Gasteiger partial charge in [-0.25, -0.2) is 9.18 Å². The minimum atomic E-state index is -0.696. The van der Waals surface area contributed by atoms with E-state index in [1.54, 1.807) is 49.5 Å². The van der Waals surface area contributed by atoms with Crippen LogP contribution in [0.3, 0.4) is 0 Å². The molecule has 0 bridgehead atoms. The minimum Gasteiger partial charge on any atom is -0.479 e. The number of ether oxygens (including phenoxy) is 2. The average Bonchev–Trinajstić information content (AvgIpc) is 3.33. The number of benzene rings is 2. The summed E-state index contributed by atoms with van der Waals surface area (Å²) >= 11 is 0. The van der Waals surface area contributed by atoms with Gasteiger partial charge in [-0.2, -0.15) is 0 Å². The van der Waals surface area contributed by atoms with E-state index in [1.165, 1.54) is 10.6 Å². The molecule has 2 atom stereocenters. The summed E-state index contributed by atoms with van der Waals surface area (Å²) in [6, 6.07) is 12.1. The van der Waals surface area contributed by atoms with E-state index in [2.05, 4.69) is 5.32 Å². The normalized spacial score (nSPS) is 16.5. The van der Waals surface area contributed by atoms with Crippen molar-refractivity contribution in [3.8, 4) is 11.4 Å². The Hall–Kier alpha value is -3.39. The lowest BCUT2D eigenvalue weighted by molar-refractivity contribution is -0.151. The maximum absolute atomic E-state index is 15.0. The van der Waals surface area contributed by atoms with Gasteiger partial charge in [-0.05, 0) is 68.6 Å².